The van der Waals surface area contributed by atoms with Gasteiger partial charge in [-0.15, -0.1) is 0 Å². The van der Waals surface area contributed by atoms with Crippen LogP contribution in [0.5, 0.6) is 0 Å². The summed E-state index contributed by atoms with van der Waals surface area (Å²) in [4.78, 5) is 10.9. The minimum absolute atomic E-state index is 0.781. The minimum atomic E-state index is 0.781. The molecule has 0 saturated carbocycles. The lowest BCUT2D eigenvalue weighted by Gasteiger charge is -2.04. The summed E-state index contributed by atoms with van der Waals surface area (Å²) in [5.41, 5.74) is 3.09. The van der Waals surface area contributed by atoms with Crippen LogP contribution in [0.2, 0.25) is 0 Å². The zero-order chi connectivity index (χ0) is 10.1. The molecular formula is C13H12O. The largest absolute Gasteiger partial charge is 0.298 e. The lowest BCUT2D eigenvalue weighted by Crippen LogP contribution is -1.86. The fraction of sp³-hybridized carbons (Fsp3) is 0.154. The average molecular weight is 184 g/mol. The van der Waals surface area contributed by atoms with Gasteiger partial charge in [0.1, 0.15) is 0 Å². The second kappa shape index (κ2) is 3.26. The molecule has 0 N–H and O–H groups in total. The third-order valence-corrected chi connectivity index (χ3v) is 2.41. The summed E-state index contributed by atoms with van der Waals surface area (Å²) in [5, 5.41) is 2.18. The lowest BCUT2D eigenvalue weighted by atomic mass is 10.0. The molecule has 0 radical (unpaired) electrons. The molecule has 1 heteroatoms. The molecule has 0 saturated heterocycles. The molecule has 0 heterocycles. The van der Waals surface area contributed by atoms with Crippen molar-refractivity contribution >= 4 is 17.1 Å². The Morgan fingerprint density at radius 3 is 2.50 bits per heavy atom. The number of hydrogen-bond acceptors (Lipinski definition) is 1. The first-order valence-electron chi connectivity index (χ1n) is 4.67. The van der Waals surface area contributed by atoms with Crippen molar-refractivity contribution in [3.05, 3.63) is 47.0 Å². The van der Waals surface area contributed by atoms with Crippen LogP contribution in [0.15, 0.2) is 30.3 Å². The molecule has 0 unspecified atom stereocenters. The van der Waals surface area contributed by atoms with Crippen LogP contribution in [0, 0.1) is 13.8 Å². The van der Waals surface area contributed by atoms with E-state index in [-0.39, 0.29) is 0 Å². The van der Waals surface area contributed by atoms with Gasteiger partial charge in [0.25, 0.3) is 0 Å². The molecule has 0 aliphatic carbocycles. The number of benzene rings is 2. The summed E-state index contributed by atoms with van der Waals surface area (Å²) < 4.78 is 0. The molecule has 0 fully saturated rings. The van der Waals surface area contributed by atoms with Crippen LogP contribution in [0.1, 0.15) is 21.5 Å². The van der Waals surface area contributed by atoms with E-state index < -0.39 is 0 Å². The van der Waals surface area contributed by atoms with Gasteiger partial charge in [0, 0.05) is 5.56 Å². The van der Waals surface area contributed by atoms with E-state index in [0.717, 1.165) is 28.2 Å². The highest BCUT2D eigenvalue weighted by Crippen LogP contribution is 2.21. The molecule has 0 atom stereocenters. The van der Waals surface area contributed by atoms with Crippen LogP contribution < -0.4 is 0 Å². The van der Waals surface area contributed by atoms with Crippen molar-refractivity contribution in [2.24, 2.45) is 0 Å². The molecule has 14 heavy (non-hydrogen) atoms. The summed E-state index contributed by atoms with van der Waals surface area (Å²) in [6.45, 7) is 4.04. The molecule has 70 valence electrons. The van der Waals surface area contributed by atoms with Crippen LogP contribution in [0.3, 0.4) is 0 Å². The van der Waals surface area contributed by atoms with Crippen LogP contribution in [-0.2, 0) is 0 Å². The molecule has 2 rings (SSSR count). The van der Waals surface area contributed by atoms with Gasteiger partial charge in [0.15, 0.2) is 6.29 Å². The summed E-state index contributed by atoms with van der Waals surface area (Å²) in [7, 11) is 0. The normalized spacial score (nSPS) is 10.4. The van der Waals surface area contributed by atoms with Crippen LogP contribution >= 0.6 is 0 Å². The zero-order valence-electron chi connectivity index (χ0n) is 8.37. The van der Waals surface area contributed by atoms with E-state index in [9.17, 15) is 4.79 Å². The first-order valence-corrected chi connectivity index (χ1v) is 4.67. The Bertz CT molecular complexity index is 498. The quantitative estimate of drug-likeness (QED) is 0.622. The monoisotopic (exact) mass is 184 g/mol. The maximum absolute atomic E-state index is 10.9. The standard InChI is InChI=1S/C13H12O/c1-9-3-4-11-5-10(2)6-12(8-14)13(11)7-9/h3-8H,1-2H3. The van der Waals surface area contributed by atoms with Gasteiger partial charge in [-0.1, -0.05) is 29.8 Å². The third-order valence-electron chi connectivity index (χ3n) is 2.41. The molecule has 2 aromatic rings. The highest BCUT2D eigenvalue weighted by molar-refractivity contribution is 5.98. The molecule has 0 bridgehead atoms. The lowest BCUT2D eigenvalue weighted by molar-refractivity contribution is 0.112. The predicted octanol–water partition coefficient (Wildman–Crippen LogP) is 3.27. The van der Waals surface area contributed by atoms with Crippen LogP contribution in [0.4, 0.5) is 0 Å². The molecule has 0 spiro atoms. The van der Waals surface area contributed by atoms with Crippen LogP contribution in [0.25, 0.3) is 10.8 Å². The number of fused-ring (bicyclic) bond motifs is 1. The SMILES string of the molecule is Cc1cc(C=O)c2cc(C)ccc2c1. The van der Waals surface area contributed by atoms with Gasteiger partial charge in [-0.05, 0) is 36.2 Å². The summed E-state index contributed by atoms with van der Waals surface area (Å²) in [6.07, 6.45) is 0.925. The van der Waals surface area contributed by atoms with E-state index in [0.29, 0.717) is 0 Å². The van der Waals surface area contributed by atoms with Crippen molar-refractivity contribution in [1.82, 2.24) is 0 Å². The number of aryl methyl sites for hydroxylation is 2. The van der Waals surface area contributed by atoms with Gasteiger partial charge < -0.3 is 0 Å². The van der Waals surface area contributed by atoms with Gasteiger partial charge in [-0.3, -0.25) is 4.79 Å². The number of aldehydes is 1. The van der Waals surface area contributed by atoms with Crippen molar-refractivity contribution in [3.8, 4) is 0 Å². The fourth-order valence-electron chi connectivity index (χ4n) is 1.75. The predicted molar refractivity (Wildman–Crippen MR) is 58.8 cm³/mol. The Morgan fingerprint density at radius 2 is 1.79 bits per heavy atom. The molecule has 0 aliphatic heterocycles. The maximum Gasteiger partial charge on any atom is 0.150 e. The maximum atomic E-state index is 10.9. The van der Waals surface area contributed by atoms with Gasteiger partial charge in [0.2, 0.25) is 0 Å². The molecule has 0 aromatic heterocycles. The zero-order valence-corrected chi connectivity index (χ0v) is 8.37. The third kappa shape index (κ3) is 1.41. The smallest absolute Gasteiger partial charge is 0.150 e. The van der Waals surface area contributed by atoms with Gasteiger partial charge >= 0.3 is 0 Å². The second-order valence-corrected chi connectivity index (χ2v) is 3.70. The number of carbonyl (C=O) groups is 1. The average Bonchev–Trinajstić information content (AvgIpc) is 2.17. The van der Waals surface area contributed by atoms with Gasteiger partial charge in [-0.25, -0.2) is 0 Å². The Hall–Kier alpha value is -1.63. The minimum Gasteiger partial charge on any atom is -0.298 e. The Balaban J connectivity index is 2.88. The van der Waals surface area contributed by atoms with Gasteiger partial charge in [-0.2, -0.15) is 0 Å². The molecule has 0 amide bonds. The first-order chi connectivity index (χ1) is 6.70. The van der Waals surface area contributed by atoms with E-state index in [2.05, 4.69) is 24.3 Å². The van der Waals surface area contributed by atoms with E-state index in [1.165, 1.54) is 5.56 Å². The van der Waals surface area contributed by atoms with Crippen molar-refractivity contribution < 1.29 is 4.79 Å². The van der Waals surface area contributed by atoms with E-state index in [1.54, 1.807) is 0 Å². The molecule has 0 aliphatic rings. The van der Waals surface area contributed by atoms with E-state index in [4.69, 9.17) is 0 Å². The highest BCUT2D eigenvalue weighted by Gasteiger charge is 2.01. The molecule has 1 nitrogen and oxygen atoms in total. The Kier molecular flexibility index (Phi) is 2.08. The number of hydrogen-bond donors (Lipinski definition) is 0. The van der Waals surface area contributed by atoms with Crippen LogP contribution in [-0.4, -0.2) is 6.29 Å². The summed E-state index contributed by atoms with van der Waals surface area (Å²) in [6, 6.07) is 10.2. The van der Waals surface area contributed by atoms with Crippen molar-refractivity contribution in [3.63, 3.8) is 0 Å². The summed E-state index contributed by atoms with van der Waals surface area (Å²) >= 11 is 0. The summed E-state index contributed by atoms with van der Waals surface area (Å²) in [5.74, 6) is 0. The topological polar surface area (TPSA) is 17.1 Å². The Labute approximate surface area is 83.4 Å². The fourth-order valence-corrected chi connectivity index (χ4v) is 1.75. The van der Waals surface area contributed by atoms with Crippen molar-refractivity contribution in [2.45, 2.75) is 13.8 Å². The second-order valence-electron chi connectivity index (χ2n) is 3.70. The highest BCUT2D eigenvalue weighted by atomic mass is 16.1. The molecule has 2 aromatic carbocycles. The Morgan fingerprint density at radius 1 is 1.00 bits per heavy atom. The first kappa shape index (κ1) is 8.95. The number of carbonyl (C=O) groups excluding carboxylic acids is 1. The van der Waals surface area contributed by atoms with E-state index in [1.807, 2.05) is 19.9 Å². The number of rotatable bonds is 1. The molecular weight excluding hydrogens is 172 g/mol. The van der Waals surface area contributed by atoms with Crippen molar-refractivity contribution in [2.75, 3.05) is 0 Å². The van der Waals surface area contributed by atoms with Gasteiger partial charge in [0.05, 0.1) is 0 Å². The van der Waals surface area contributed by atoms with E-state index >= 15 is 0 Å². The van der Waals surface area contributed by atoms with Crippen molar-refractivity contribution in [1.29, 1.82) is 0 Å².